The van der Waals surface area contributed by atoms with Gasteiger partial charge in [0.2, 0.25) is 17.7 Å². The topological polar surface area (TPSA) is 324 Å². The Morgan fingerprint density at radius 3 is 1.45 bits per heavy atom. The van der Waals surface area contributed by atoms with Crippen LogP contribution in [0.1, 0.15) is 38.5 Å². The minimum absolute atomic E-state index is 0.0401. The van der Waals surface area contributed by atoms with Gasteiger partial charge in [-0.2, -0.15) is 0 Å². The van der Waals surface area contributed by atoms with Crippen molar-refractivity contribution in [3.63, 3.8) is 0 Å². The zero-order valence-electron chi connectivity index (χ0n) is 20.7. The van der Waals surface area contributed by atoms with E-state index in [1.165, 1.54) is 0 Å². The summed E-state index contributed by atoms with van der Waals surface area (Å²) in [7, 11) is 0. The Morgan fingerprint density at radius 2 is 1.08 bits per heavy atom. The van der Waals surface area contributed by atoms with Gasteiger partial charge in [-0.3, -0.25) is 19.2 Å². The van der Waals surface area contributed by atoms with Crippen molar-refractivity contribution in [2.24, 2.45) is 22.9 Å². The number of hydrogen-bond acceptors (Lipinski definition) is 9. The van der Waals surface area contributed by atoms with Gasteiger partial charge in [0.1, 0.15) is 18.1 Å². The zero-order chi connectivity index (χ0) is 29.3. The minimum atomic E-state index is -1.44. The average Bonchev–Trinajstić information content (AvgIpc) is 2.83. The lowest BCUT2D eigenvalue weighted by Gasteiger charge is -2.25. The maximum absolute atomic E-state index is 13.1. The number of carboxylic acids is 2. The van der Waals surface area contributed by atoms with Crippen LogP contribution in [0.25, 0.3) is 0 Å². The van der Waals surface area contributed by atoms with E-state index in [1.54, 1.807) is 0 Å². The van der Waals surface area contributed by atoms with E-state index < -0.39 is 72.4 Å². The Bertz CT molecular complexity index is 856. The van der Waals surface area contributed by atoms with Crippen molar-refractivity contribution < 1.29 is 43.8 Å². The summed E-state index contributed by atoms with van der Waals surface area (Å²) in [6.45, 7) is -0.324. The predicted molar refractivity (Wildman–Crippen MR) is 131 cm³/mol. The molecule has 18 heteroatoms. The first kappa shape index (κ1) is 33.8. The van der Waals surface area contributed by atoms with E-state index >= 15 is 0 Å². The summed E-state index contributed by atoms with van der Waals surface area (Å²) in [6, 6.07) is -6.86. The normalized spacial score (nSPS) is 13.6. The summed E-state index contributed by atoms with van der Waals surface area (Å²) < 4.78 is 0. The first-order valence-corrected chi connectivity index (χ1v) is 11.7. The number of nitrogens with one attached hydrogen (secondary N) is 5. The lowest BCUT2D eigenvalue weighted by Crippen LogP contribution is -2.58. The first-order chi connectivity index (χ1) is 17.8. The Balaban J connectivity index is 5.58. The van der Waals surface area contributed by atoms with E-state index in [0.717, 1.165) is 0 Å². The lowest BCUT2D eigenvalue weighted by molar-refractivity contribution is -0.142. The quantitative estimate of drug-likeness (QED) is 0.0685. The number of primary amides is 2. The van der Waals surface area contributed by atoms with Gasteiger partial charge in [-0.25, -0.2) is 14.4 Å². The van der Waals surface area contributed by atoms with Gasteiger partial charge in [0.25, 0.3) is 0 Å². The molecule has 7 amide bonds. The van der Waals surface area contributed by atoms with Crippen LogP contribution < -0.4 is 49.5 Å². The highest BCUT2D eigenvalue weighted by molar-refractivity contribution is 5.94. The molecule has 0 spiro atoms. The fourth-order valence-electron chi connectivity index (χ4n) is 3.03. The van der Waals surface area contributed by atoms with Crippen LogP contribution in [-0.2, 0) is 24.0 Å². The Kier molecular flexibility index (Phi) is 16.1. The Labute approximate surface area is 218 Å². The van der Waals surface area contributed by atoms with Crippen LogP contribution in [0, 0.1) is 0 Å². The summed E-state index contributed by atoms with van der Waals surface area (Å²) in [5, 5.41) is 29.6. The Hall–Kier alpha value is -4.19. The molecule has 0 radical (unpaired) electrons. The standard InChI is InChI=1S/C20H37N9O9/c21-9-13(18(35)36)29-17(34)12(4-2-8-26-20(24)38)28-16(33)11(3-1-7-25-19(23)37)27-15(32)10(22)5-6-14(30)31/h10-13H,1-9,21-22H2,(H,27,32)(H,28,33)(H,29,34)(H,30,31)(H,35,36)(H3,23,25,37)(H3,24,26,38)/t10-,11-,12-,13-/m1/s1. The maximum Gasteiger partial charge on any atom is 0.327 e. The van der Waals surface area contributed by atoms with E-state index in [0.29, 0.717) is 0 Å². The lowest BCUT2D eigenvalue weighted by atomic mass is 10.1. The summed E-state index contributed by atoms with van der Waals surface area (Å²) in [5.74, 6) is -5.12. The van der Waals surface area contributed by atoms with Crippen LogP contribution in [0.5, 0.6) is 0 Å². The molecule has 0 bridgehead atoms. The van der Waals surface area contributed by atoms with Crippen LogP contribution in [0.15, 0.2) is 0 Å². The number of urea groups is 2. The second-order valence-electron chi connectivity index (χ2n) is 8.16. The van der Waals surface area contributed by atoms with Crippen molar-refractivity contribution in [3.05, 3.63) is 0 Å². The highest BCUT2D eigenvalue weighted by atomic mass is 16.4. The molecule has 0 saturated carbocycles. The van der Waals surface area contributed by atoms with Crippen LogP contribution in [-0.4, -0.2) is 95.7 Å². The van der Waals surface area contributed by atoms with Gasteiger partial charge in [-0.1, -0.05) is 0 Å². The average molecular weight is 548 g/mol. The molecule has 4 atom stereocenters. The van der Waals surface area contributed by atoms with Crippen molar-refractivity contribution in [2.45, 2.75) is 62.7 Å². The van der Waals surface area contributed by atoms with Gasteiger partial charge < -0.3 is 59.7 Å². The van der Waals surface area contributed by atoms with Crippen molar-refractivity contribution in [1.29, 1.82) is 0 Å². The number of carboxylic acid groups (broad SMARTS) is 2. The maximum atomic E-state index is 13.1. The fourth-order valence-corrected chi connectivity index (χ4v) is 3.03. The van der Waals surface area contributed by atoms with Gasteiger partial charge in [0.05, 0.1) is 6.04 Å². The first-order valence-electron chi connectivity index (χ1n) is 11.7. The molecule has 0 aromatic carbocycles. The predicted octanol–water partition coefficient (Wildman–Crippen LogP) is -4.43. The van der Waals surface area contributed by atoms with Crippen molar-refractivity contribution in [3.8, 4) is 0 Å². The molecule has 38 heavy (non-hydrogen) atoms. The Morgan fingerprint density at radius 1 is 0.658 bits per heavy atom. The molecule has 0 aliphatic rings. The number of hydrogen-bond donors (Lipinski definition) is 11. The monoisotopic (exact) mass is 547 g/mol. The number of rotatable bonds is 19. The molecular weight excluding hydrogens is 510 g/mol. The van der Waals surface area contributed by atoms with Crippen LogP contribution >= 0.6 is 0 Å². The summed E-state index contributed by atoms with van der Waals surface area (Å²) in [6.07, 6.45) is -0.368. The second kappa shape index (κ2) is 18.1. The van der Waals surface area contributed by atoms with Gasteiger partial charge >= 0.3 is 24.0 Å². The van der Waals surface area contributed by atoms with Gasteiger partial charge in [0.15, 0.2) is 0 Å². The van der Waals surface area contributed by atoms with Gasteiger partial charge in [0, 0.05) is 26.1 Å². The highest BCUT2D eigenvalue weighted by Gasteiger charge is 2.30. The molecule has 0 aromatic heterocycles. The third kappa shape index (κ3) is 15.0. The van der Waals surface area contributed by atoms with Crippen LogP contribution in [0.3, 0.4) is 0 Å². The van der Waals surface area contributed by atoms with Gasteiger partial charge in [-0.05, 0) is 32.1 Å². The molecule has 0 aliphatic carbocycles. The fraction of sp³-hybridized carbons (Fsp3) is 0.650. The van der Waals surface area contributed by atoms with Gasteiger partial charge in [-0.15, -0.1) is 0 Å². The summed E-state index contributed by atoms with van der Waals surface area (Å²) >= 11 is 0. The molecular formula is C20H37N9O9. The van der Waals surface area contributed by atoms with Crippen molar-refractivity contribution >= 4 is 41.7 Å². The van der Waals surface area contributed by atoms with E-state index in [4.69, 9.17) is 33.1 Å². The van der Waals surface area contributed by atoms with Crippen LogP contribution in [0.2, 0.25) is 0 Å². The number of amides is 7. The second-order valence-corrected chi connectivity index (χ2v) is 8.16. The van der Waals surface area contributed by atoms with E-state index in [2.05, 4.69) is 26.6 Å². The van der Waals surface area contributed by atoms with Crippen molar-refractivity contribution in [2.75, 3.05) is 19.6 Å². The smallest absolute Gasteiger partial charge is 0.327 e. The molecule has 0 aromatic rings. The van der Waals surface area contributed by atoms with E-state index in [9.17, 15) is 33.6 Å². The third-order valence-corrected chi connectivity index (χ3v) is 5.06. The highest BCUT2D eigenvalue weighted by Crippen LogP contribution is 2.05. The molecule has 0 unspecified atom stereocenters. The van der Waals surface area contributed by atoms with E-state index in [1.807, 2.05) is 0 Å². The van der Waals surface area contributed by atoms with Crippen molar-refractivity contribution in [1.82, 2.24) is 26.6 Å². The third-order valence-electron chi connectivity index (χ3n) is 5.06. The molecule has 18 nitrogen and oxygen atoms in total. The molecule has 0 fully saturated rings. The summed E-state index contributed by atoms with van der Waals surface area (Å²) in [5.41, 5.74) is 21.1. The largest absolute Gasteiger partial charge is 0.481 e. The molecule has 15 N–H and O–H groups in total. The zero-order valence-corrected chi connectivity index (χ0v) is 20.7. The number of carbonyl (C=O) groups is 7. The summed E-state index contributed by atoms with van der Waals surface area (Å²) in [4.78, 5) is 82.0. The molecule has 216 valence electrons. The number of carbonyl (C=O) groups excluding carboxylic acids is 5. The molecule has 0 saturated heterocycles. The number of aliphatic carboxylic acids is 2. The van der Waals surface area contributed by atoms with E-state index in [-0.39, 0.29) is 51.6 Å². The molecule has 0 heterocycles. The molecule has 0 rings (SSSR count). The van der Waals surface area contributed by atoms with Crippen LogP contribution in [0.4, 0.5) is 9.59 Å². The molecule has 0 aliphatic heterocycles. The number of nitrogens with two attached hydrogens (primary N) is 4. The minimum Gasteiger partial charge on any atom is -0.481 e. The SMILES string of the molecule is NC[C@@H](NC(=O)[C@@H](CCCNC(N)=O)NC(=O)[C@@H](CCCNC(N)=O)NC(=O)[C@H](N)CCC(=O)O)C(=O)O.